The molecule has 5 rings (SSSR count). The van der Waals surface area contributed by atoms with Crippen molar-refractivity contribution >= 4 is 49.1 Å². The number of fused-ring (bicyclic) bond motifs is 4. The number of hydrogen-bond donors (Lipinski definition) is 0. The van der Waals surface area contributed by atoms with E-state index in [2.05, 4.69) is 65.7 Å². The zero-order chi connectivity index (χ0) is 22.6. The molecule has 0 fully saturated rings. The van der Waals surface area contributed by atoms with Crippen LogP contribution in [0.3, 0.4) is 0 Å². The fourth-order valence-electron chi connectivity index (χ4n) is 4.17. The van der Waals surface area contributed by atoms with Crippen molar-refractivity contribution in [3.05, 3.63) is 65.9 Å². The van der Waals surface area contributed by atoms with Crippen molar-refractivity contribution in [2.45, 2.75) is 0 Å². The SMILES string of the molecule is C=c1c2cccc3sc4ccccc4n(c4ccc(OCCOCCOCCOC)cc14)-c32. The molecule has 0 amide bonds. The molecule has 0 spiro atoms. The first-order chi connectivity index (χ1) is 16.3. The van der Waals surface area contributed by atoms with Crippen molar-refractivity contribution in [2.75, 3.05) is 46.8 Å². The molecule has 2 heterocycles. The van der Waals surface area contributed by atoms with E-state index >= 15 is 0 Å². The summed E-state index contributed by atoms with van der Waals surface area (Å²) in [6, 6.07) is 21.2. The van der Waals surface area contributed by atoms with Crippen molar-refractivity contribution in [1.82, 2.24) is 4.57 Å². The van der Waals surface area contributed by atoms with Crippen LogP contribution >= 0.6 is 11.3 Å². The lowest BCUT2D eigenvalue weighted by Gasteiger charge is -2.21. The molecular formula is C27H27NO4S. The van der Waals surface area contributed by atoms with Crippen molar-refractivity contribution in [3.8, 4) is 11.4 Å². The molecule has 2 aliphatic rings. The fraction of sp³-hybridized carbons (Fsp3) is 0.259. The lowest BCUT2D eigenvalue weighted by molar-refractivity contribution is 0.0180. The fourth-order valence-corrected chi connectivity index (χ4v) is 5.26. The van der Waals surface area contributed by atoms with E-state index < -0.39 is 0 Å². The first-order valence-corrected chi connectivity index (χ1v) is 11.9. The number of ether oxygens (including phenoxy) is 4. The zero-order valence-electron chi connectivity index (χ0n) is 18.7. The molecule has 0 N–H and O–H groups in total. The Morgan fingerprint density at radius 1 is 0.758 bits per heavy atom. The summed E-state index contributed by atoms with van der Waals surface area (Å²) in [4.78, 5) is 0. The van der Waals surface area contributed by atoms with Gasteiger partial charge < -0.3 is 23.5 Å². The van der Waals surface area contributed by atoms with Crippen molar-refractivity contribution in [2.24, 2.45) is 0 Å². The molecule has 0 aliphatic carbocycles. The number of pyridine rings is 1. The van der Waals surface area contributed by atoms with Crippen LogP contribution < -0.4 is 9.96 Å². The van der Waals surface area contributed by atoms with Gasteiger partial charge in [0.1, 0.15) is 12.4 Å². The van der Waals surface area contributed by atoms with Gasteiger partial charge in [0, 0.05) is 17.9 Å². The van der Waals surface area contributed by atoms with Crippen LogP contribution in [-0.4, -0.2) is 51.3 Å². The number of para-hydroxylation sites is 2. The third-order valence-electron chi connectivity index (χ3n) is 5.71. The Morgan fingerprint density at radius 3 is 2.36 bits per heavy atom. The first kappa shape index (κ1) is 21.9. The maximum Gasteiger partial charge on any atom is 0.120 e. The molecule has 0 radical (unpaired) electrons. The molecule has 33 heavy (non-hydrogen) atoms. The summed E-state index contributed by atoms with van der Waals surface area (Å²) in [6.45, 7) is 7.71. The molecule has 6 heteroatoms. The second kappa shape index (κ2) is 9.93. The lowest BCUT2D eigenvalue weighted by Crippen LogP contribution is -2.14. The summed E-state index contributed by atoms with van der Waals surface area (Å²) in [6.07, 6.45) is 0. The van der Waals surface area contributed by atoms with Crippen LogP contribution in [0.5, 0.6) is 5.75 Å². The summed E-state index contributed by atoms with van der Waals surface area (Å²) < 4.78 is 26.8. The average Bonchev–Trinajstić information content (AvgIpc) is 2.85. The predicted octanol–water partition coefficient (Wildman–Crippen LogP) is 5.19. The first-order valence-electron chi connectivity index (χ1n) is 11.1. The minimum atomic E-state index is 0.479. The van der Waals surface area contributed by atoms with Gasteiger partial charge in [-0.3, -0.25) is 0 Å². The van der Waals surface area contributed by atoms with Crippen LogP contribution in [0.25, 0.3) is 43.5 Å². The highest BCUT2D eigenvalue weighted by molar-refractivity contribution is 7.24. The van der Waals surface area contributed by atoms with Crippen LogP contribution in [0.15, 0.2) is 60.7 Å². The minimum Gasteiger partial charge on any atom is -0.491 e. The molecule has 0 unspecified atom stereocenters. The summed E-state index contributed by atoms with van der Waals surface area (Å²) in [5.41, 5.74) is 3.55. The molecule has 0 saturated carbocycles. The quantitative estimate of drug-likeness (QED) is 0.163. The van der Waals surface area contributed by atoms with Gasteiger partial charge >= 0.3 is 0 Å². The number of nitrogens with zero attached hydrogens (tertiary/aromatic N) is 1. The number of benzene rings is 3. The zero-order valence-corrected chi connectivity index (χ0v) is 19.5. The number of hydrogen-bond acceptors (Lipinski definition) is 5. The number of rotatable bonds is 10. The van der Waals surface area contributed by atoms with Gasteiger partial charge in [-0.25, -0.2) is 0 Å². The predicted molar refractivity (Wildman–Crippen MR) is 136 cm³/mol. The Balaban J connectivity index is 1.41. The summed E-state index contributed by atoms with van der Waals surface area (Å²) in [5, 5.41) is 3.27. The molecule has 0 saturated heterocycles. The average molecular weight is 462 g/mol. The molecule has 0 bridgehead atoms. The maximum absolute atomic E-state index is 5.98. The van der Waals surface area contributed by atoms with E-state index in [0.29, 0.717) is 39.6 Å². The Morgan fingerprint density at radius 2 is 1.52 bits per heavy atom. The van der Waals surface area contributed by atoms with Crippen LogP contribution in [0.4, 0.5) is 0 Å². The lowest BCUT2D eigenvalue weighted by atomic mass is 10.0. The second-order valence-electron chi connectivity index (χ2n) is 7.78. The van der Waals surface area contributed by atoms with Gasteiger partial charge in [0.15, 0.2) is 0 Å². The Kier molecular flexibility index (Phi) is 6.60. The third kappa shape index (κ3) is 4.35. The number of methoxy groups -OCH3 is 1. The molecule has 0 aromatic heterocycles. The van der Waals surface area contributed by atoms with Crippen molar-refractivity contribution in [1.29, 1.82) is 0 Å². The van der Waals surface area contributed by atoms with E-state index in [4.69, 9.17) is 18.9 Å². The van der Waals surface area contributed by atoms with E-state index in [1.54, 1.807) is 7.11 Å². The van der Waals surface area contributed by atoms with Gasteiger partial charge in [0.05, 0.1) is 59.2 Å². The minimum absolute atomic E-state index is 0.479. The molecular weight excluding hydrogens is 434 g/mol. The molecule has 2 aliphatic heterocycles. The van der Waals surface area contributed by atoms with E-state index in [1.807, 2.05) is 17.4 Å². The monoisotopic (exact) mass is 461 g/mol. The standard InChI is InChI=1S/C27H27NO4S/c1-19-21-6-5-9-26-27(21)28(24-7-3-4-8-25(24)33-26)23-11-10-20(18-22(19)23)32-17-16-31-15-14-30-13-12-29-2/h3-11,18H,1,12-17H2,2H3. The van der Waals surface area contributed by atoms with E-state index in [9.17, 15) is 0 Å². The van der Waals surface area contributed by atoms with E-state index in [0.717, 1.165) is 27.3 Å². The largest absolute Gasteiger partial charge is 0.491 e. The van der Waals surface area contributed by atoms with Gasteiger partial charge in [0.2, 0.25) is 0 Å². The topological polar surface area (TPSA) is 41.9 Å². The highest BCUT2D eigenvalue weighted by atomic mass is 32.1. The molecule has 3 aromatic rings. The smallest absolute Gasteiger partial charge is 0.120 e. The molecule has 0 atom stereocenters. The summed E-state index contributed by atoms with van der Waals surface area (Å²) >= 11 is 1.82. The van der Waals surface area contributed by atoms with Crippen LogP contribution in [0.2, 0.25) is 0 Å². The third-order valence-corrected chi connectivity index (χ3v) is 6.82. The van der Waals surface area contributed by atoms with Gasteiger partial charge in [0.25, 0.3) is 0 Å². The van der Waals surface area contributed by atoms with E-state index in [1.165, 1.54) is 20.6 Å². The molecule has 5 nitrogen and oxygen atoms in total. The van der Waals surface area contributed by atoms with Crippen molar-refractivity contribution in [3.63, 3.8) is 0 Å². The maximum atomic E-state index is 5.98. The van der Waals surface area contributed by atoms with Crippen molar-refractivity contribution < 1.29 is 18.9 Å². The Hall–Kier alpha value is -2.90. The Bertz CT molecular complexity index is 1420. The molecule has 170 valence electrons. The Labute approximate surface area is 196 Å². The van der Waals surface area contributed by atoms with Crippen LogP contribution in [0.1, 0.15) is 0 Å². The molecule has 3 aromatic carbocycles. The summed E-state index contributed by atoms with van der Waals surface area (Å²) in [7, 11) is 1.66. The van der Waals surface area contributed by atoms with Gasteiger partial charge in [-0.1, -0.05) is 30.8 Å². The summed E-state index contributed by atoms with van der Waals surface area (Å²) in [5.74, 6) is 0.814. The second-order valence-corrected chi connectivity index (χ2v) is 8.86. The van der Waals surface area contributed by atoms with Gasteiger partial charge in [-0.05, 0) is 41.6 Å². The van der Waals surface area contributed by atoms with Gasteiger partial charge in [-0.15, -0.1) is 11.3 Å². The van der Waals surface area contributed by atoms with Crippen LogP contribution in [-0.2, 0) is 14.2 Å². The highest BCUT2D eigenvalue weighted by Crippen LogP contribution is 2.37. The number of aromatic nitrogens is 1. The highest BCUT2D eigenvalue weighted by Gasteiger charge is 2.17. The van der Waals surface area contributed by atoms with Gasteiger partial charge in [-0.2, -0.15) is 0 Å². The van der Waals surface area contributed by atoms with E-state index in [-0.39, 0.29) is 0 Å². The normalized spacial score (nSPS) is 11.8. The van der Waals surface area contributed by atoms with Crippen LogP contribution in [0, 0.1) is 0 Å².